The number of thiocarbonyl (C=S) groups is 1. The van der Waals surface area contributed by atoms with Crippen molar-refractivity contribution in [3.05, 3.63) is 29.8 Å². The highest BCUT2D eigenvalue weighted by molar-refractivity contribution is 7.80. The van der Waals surface area contributed by atoms with E-state index in [-0.39, 0.29) is 12.3 Å². The second-order valence-corrected chi connectivity index (χ2v) is 4.71. The van der Waals surface area contributed by atoms with Gasteiger partial charge in [-0.05, 0) is 36.8 Å². The lowest BCUT2D eigenvalue weighted by Gasteiger charge is -2.23. The lowest BCUT2D eigenvalue weighted by molar-refractivity contribution is -0.116. The standard InChI is InChI=1S/C14H22N2O3S/c1-10(13(18-3)19-4)16-14(20)15-9-11-5-7-12(17-2)8-6-11/h5-8,10,13H,9H2,1-4H3,(H2,15,16,20). The number of rotatable bonds is 7. The molecule has 112 valence electrons. The van der Waals surface area contributed by atoms with E-state index in [0.717, 1.165) is 11.3 Å². The Morgan fingerprint density at radius 3 is 2.25 bits per heavy atom. The highest BCUT2D eigenvalue weighted by Crippen LogP contribution is 2.10. The predicted octanol–water partition coefficient (Wildman–Crippen LogP) is 1.67. The van der Waals surface area contributed by atoms with Gasteiger partial charge in [0.15, 0.2) is 11.4 Å². The van der Waals surface area contributed by atoms with Gasteiger partial charge in [0, 0.05) is 20.8 Å². The first-order valence-corrected chi connectivity index (χ1v) is 6.74. The van der Waals surface area contributed by atoms with Gasteiger partial charge in [0.25, 0.3) is 0 Å². The van der Waals surface area contributed by atoms with Gasteiger partial charge in [-0.15, -0.1) is 0 Å². The van der Waals surface area contributed by atoms with Crippen molar-refractivity contribution in [1.82, 2.24) is 10.6 Å². The molecular formula is C14H22N2O3S. The third kappa shape index (κ3) is 5.32. The largest absolute Gasteiger partial charge is 0.497 e. The van der Waals surface area contributed by atoms with Crippen LogP contribution in [0.3, 0.4) is 0 Å². The molecule has 1 unspecified atom stereocenters. The minimum absolute atomic E-state index is 0.0409. The Labute approximate surface area is 125 Å². The molecule has 6 heteroatoms. The summed E-state index contributed by atoms with van der Waals surface area (Å²) in [4.78, 5) is 0. The van der Waals surface area contributed by atoms with Crippen molar-refractivity contribution in [2.24, 2.45) is 0 Å². The van der Waals surface area contributed by atoms with Gasteiger partial charge in [-0.25, -0.2) is 0 Å². The van der Waals surface area contributed by atoms with E-state index in [1.54, 1.807) is 21.3 Å². The average molecular weight is 298 g/mol. The summed E-state index contributed by atoms with van der Waals surface area (Å²) in [5, 5.41) is 6.82. The highest BCUT2D eigenvalue weighted by Gasteiger charge is 2.16. The molecule has 0 aliphatic rings. The van der Waals surface area contributed by atoms with Crippen molar-refractivity contribution in [2.45, 2.75) is 25.8 Å². The van der Waals surface area contributed by atoms with Crippen LogP contribution in [0, 0.1) is 0 Å². The maximum Gasteiger partial charge on any atom is 0.176 e. The summed E-state index contributed by atoms with van der Waals surface area (Å²) in [5.41, 5.74) is 1.12. The van der Waals surface area contributed by atoms with Crippen LogP contribution in [0.4, 0.5) is 0 Å². The van der Waals surface area contributed by atoms with Crippen LogP contribution in [-0.4, -0.2) is 38.8 Å². The molecule has 0 aliphatic heterocycles. The summed E-state index contributed by atoms with van der Waals surface area (Å²) in [6.07, 6.45) is -0.337. The van der Waals surface area contributed by atoms with Crippen LogP contribution in [0.25, 0.3) is 0 Å². The van der Waals surface area contributed by atoms with Crippen LogP contribution < -0.4 is 15.4 Å². The second-order valence-electron chi connectivity index (χ2n) is 4.30. The Hall–Kier alpha value is -1.37. The van der Waals surface area contributed by atoms with Gasteiger partial charge in [-0.2, -0.15) is 0 Å². The molecular weight excluding hydrogens is 276 g/mol. The van der Waals surface area contributed by atoms with E-state index in [9.17, 15) is 0 Å². The Morgan fingerprint density at radius 2 is 1.75 bits per heavy atom. The molecule has 1 atom stereocenters. The molecule has 5 nitrogen and oxygen atoms in total. The first-order chi connectivity index (χ1) is 9.60. The molecule has 0 bridgehead atoms. The Kier molecular flexibility index (Phi) is 7.28. The van der Waals surface area contributed by atoms with Crippen LogP contribution in [-0.2, 0) is 16.0 Å². The molecule has 0 amide bonds. The van der Waals surface area contributed by atoms with Crippen molar-refractivity contribution in [1.29, 1.82) is 0 Å². The van der Waals surface area contributed by atoms with Crippen molar-refractivity contribution in [2.75, 3.05) is 21.3 Å². The number of hydrogen-bond donors (Lipinski definition) is 2. The fourth-order valence-corrected chi connectivity index (χ4v) is 2.01. The van der Waals surface area contributed by atoms with Gasteiger partial charge < -0.3 is 24.8 Å². The molecule has 0 aliphatic carbocycles. The fourth-order valence-electron chi connectivity index (χ4n) is 1.76. The minimum atomic E-state index is -0.337. The summed E-state index contributed by atoms with van der Waals surface area (Å²) in [5.74, 6) is 0.839. The van der Waals surface area contributed by atoms with Gasteiger partial charge >= 0.3 is 0 Å². The zero-order valence-electron chi connectivity index (χ0n) is 12.3. The van der Waals surface area contributed by atoms with E-state index >= 15 is 0 Å². The maximum absolute atomic E-state index is 5.24. The van der Waals surface area contributed by atoms with E-state index in [1.807, 2.05) is 31.2 Å². The van der Waals surface area contributed by atoms with Crippen LogP contribution in [0.5, 0.6) is 5.75 Å². The molecule has 0 aromatic heterocycles. The Bertz CT molecular complexity index is 407. The van der Waals surface area contributed by atoms with Gasteiger partial charge in [0.05, 0.1) is 13.2 Å². The van der Waals surface area contributed by atoms with Gasteiger partial charge in [-0.3, -0.25) is 0 Å². The number of hydrogen-bond acceptors (Lipinski definition) is 4. The third-order valence-electron chi connectivity index (χ3n) is 2.84. The summed E-state index contributed by atoms with van der Waals surface area (Å²) in [6, 6.07) is 7.78. The number of benzene rings is 1. The van der Waals surface area contributed by atoms with E-state index in [1.165, 1.54) is 0 Å². The molecule has 1 rings (SSSR count). The minimum Gasteiger partial charge on any atom is -0.497 e. The topological polar surface area (TPSA) is 51.8 Å². The molecule has 1 aromatic rings. The van der Waals surface area contributed by atoms with Crippen LogP contribution >= 0.6 is 12.2 Å². The smallest absolute Gasteiger partial charge is 0.176 e. The number of methoxy groups -OCH3 is 3. The van der Waals surface area contributed by atoms with Gasteiger partial charge in [0.1, 0.15) is 5.75 Å². The maximum atomic E-state index is 5.24. The van der Waals surface area contributed by atoms with E-state index < -0.39 is 0 Å². The summed E-state index contributed by atoms with van der Waals surface area (Å²) >= 11 is 5.24. The van der Waals surface area contributed by atoms with E-state index in [2.05, 4.69) is 10.6 Å². The highest BCUT2D eigenvalue weighted by atomic mass is 32.1. The molecule has 0 radical (unpaired) electrons. The summed E-state index contributed by atoms with van der Waals surface area (Å²) < 4.78 is 15.4. The molecule has 1 aromatic carbocycles. The Balaban J connectivity index is 2.38. The first-order valence-electron chi connectivity index (χ1n) is 6.33. The molecule has 0 heterocycles. The van der Waals surface area contributed by atoms with Gasteiger partial charge in [0.2, 0.25) is 0 Å². The zero-order chi connectivity index (χ0) is 15.0. The lowest BCUT2D eigenvalue weighted by atomic mass is 10.2. The molecule has 0 saturated carbocycles. The van der Waals surface area contributed by atoms with Crippen LogP contribution in [0.15, 0.2) is 24.3 Å². The third-order valence-corrected chi connectivity index (χ3v) is 3.11. The second kappa shape index (κ2) is 8.73. The van der Waals surface area contributed by atoms with Crippen molar-refractivity contribution in [3.8, 4) is 5.75 Å². The van der Waals surface area contributed by atoms with Crippen LogP contribution in [0.2, 0.25) is 0 Å². The Morgan fingerprint density at radius 1 is 1.15 bits per heavy atom. The normalized spacial score (nSPS) is 12.1. The molecule has 2 N–H and O–H groups in total. The summed E-state index contributed by atoms with van der Waals surface area (Å²) in [6.45, 7) is 2.59. The van der Waals surface area contributed by atoms with Crippen molar-refractivity contribution >= 4 is 17.3 Å². The molecule has 0 spiro atoms. The zero-order valence-corrected chi connectivity index (χ0v) is 13.1. The number of nitrogens with one attached hydrogen (secondary N) is 2. The average Bonchev–Trinajstić information content (AvgIpc) is 2.47. The monoisotopic (exact) mass is 298 g/mol. The van der Waals surface area contributed by atoms with Gasteiger partial charge in [-0.1, -0.05) is 12.1 Å². The molecule has 0 saturated heterocycles. The fraction of sp³-hybridized carbons (Fsp3) is 0.500. The molecule has 0 fully saturated rings. The summed E-state index contributed by atoms with van der Waals surface area (Å²) in [7, 11) is 4.84. The van der Waals surface area contributed by atoms with E-state index in [0.29, 0.717) is 11.7 Å². The SMILES string of the molecule is COc1ccc(CNC(=S)NC(C)C(OC)OC)cc1. The van der Waals surface area contributed by atoms with Crippen LogP contribution in [0.1, 0.15) is 12.5 Å². The lowest BCUT2D eigenvalue weighted by Crippen LogP contribution is -2.46. The van der Waals surface area contributed by atoms with Crippen molar-refractivity contribution < 1.29 is 14.2 Å². The quantitative estimate of drug-likeness (QED) is 0.590. The molecule has 20 heavy (non-hydrogen) atoms. The van der Waals surface area contributed by atoms with Crippen molar-refractivity contribution in [3.63, 3.8) is 0 Å². The predicted molar refractivity (Wildman–Crippen MR) is 82.8 cm³/mol. The first kappa shape index (κ1) is 16.7. The van der Waals surface area contributed by atoms with E-state index in [4.69, 9.17) is 26.4 Å². The number of ether oxygens (including phenoxy) is 3.